The maximum absolute atomic E-state index is 12.6. The summed E-state index contributed by atoms with van der Waals surface area (Å²) in [5.74, 6) is 0.411. The summed E-state index contributed by atoms with van der Waals surface area (Å²) in [6.07, 6.45) is 0.380. The van der Waals surface area contributed by atoms with Gasteiger partial charge in [0.15, 0.2) is 0 Å². The molecule has 3 rings (SSSR count). The zero-order valence-electron chi connectivity index (χ0n) is 17.0. The predicted octanol–water partition coefficient (Wildman–Crippen LogP) is 3.76. The van der Waals surface area contributed by atoms with E-state index in [4.69, 9.17) is 4.74 Å². The molecule has 2 aromatic rings. The van der Waals surface area contributed by atoms with E-state index in [2.05, 4.69) is 5.32 Å². The summed E-state index contributed by atoms with van der Waals surface area (Å²) < 4.78 is 5.63. The Hall–Kier alpha value is -2.82. The highest BCUT2D eigenvalue weighted by Crippen LogP contribution is 2.27. The highest BCUT2D eigenvalue weighted by Gasteiger charge is 2.35. The van der Waals surface area contributed by atoms with Gasteiger partial charge < -0.3 is 15.0 Å². The Morgan fingerprint density at radius 3 is 2.50 bits per heavy atom. The van der Waals surface area contributed by atoms with Gasteiger partial charge in [-0.1, -0.05) is 18.2 Å². The van der Waals surface area contributed by atoms with Crippen molar-refractivity contribution in [2.45, 2.75) is 46.8 Å². The average Bonchev–Trinajstić information content (AvgIpc) is 3.04. The first-order valence-electron chi connectivity index (χ1n) is 9.74. The molecule has 0 spiro atoms. The van der Waals surface area contributed by atoms with E-state index in [9.17, 15) is 9.59 Å². The van der Waals surface area contributed by atoms with Crippen LogP contribution in [0.15, 0.2) is 42.5 Å². The van der Waals surface area contributed by atoms with Gasteiger partial charge in [-0.2, -0.15) is 0 Å². The summed E-state index contributed by atoms with van der Waals surface area (Å²) in [6, 6.07) is 13.7. The minimum Gasteiger partial charge on any atom is -0.491 e. The number of ether oxygens (including phenoxy) is 1. The Balaban J connectivity index is 1.56. The van der Waals surface area contributed by atoms with Crippen LogP contribution in [0.3, 0.4) is 0 Å². The molecule has 2 amide bonds. The van der Waals surface area contributed by atoms with Crippen molar-refractivity contribution in [3.05, 3.63) is 59.2 Å². The Labute approximate surface area is 166 Å². The van der Waals surface area contributed by atoms with Crippen molar-refractivity contribution in [3.63, 3.8) is 0 Å². The molecule has 0 radical (unpaired) electrons. The van der Waals surface area contributed by atoms with Crippen LogP contribution in [0.1, 0.15) is 37.0 Å². The Morgan fingerprint density at radius 2 is 1.86 bits per heavy atom. The second kappa shape index (κ2) is 8.46. The molecule has 0 bridgehead atoms. The summed E-state index contributed by atoms with van der Waals surface area (Å²) in [7, 11) is 0. The molecule has 5 heteroatoms. The maximum Gasteiger partial charge on any atom is 0.227 e. The van der Waals surface area contributed by atoms with Gasteiger partial charge >= 0.3 is 0 Å². The van der Waals surface area contributed by atoms with Crippen molar-refractivity contribution >= 4 is 17.5 Å². The third-order valence-corrected chi connectivity index (χ3v) is 5.06. The molecule has 0 aliphatic carbocycles. The van der Waals surface area contributed by atoms with Crippen molar-refractivity contribution in [2.24, 2.45) is 5.92 Å². The lowest BCUT2D eigenvalue weighted by molar-refractivity contribution is -0.126. The molecular weight excluding hydrogens is 352 g/mol. The lowest BCUT2D eigenvalue weighted by Gasteiger charge is -2.18. The van der Waals surface area contributed by atoms with Gasteiger partial charge in [0.25, 0.3) is 0 Å². The van der Waals surface area contributed by atoms with Crippen molar-refractivity contribution in [1.29, 1.82) is 0 Å². The van der Waals surface area contributed by atoms with Crippen LogP contribution in [0.5, 0.6) is 5.75 Å². The van der Waals surface area contributed by atoms with E-state index in [0.29, 0.717) is 13.1 Å². The van der Waals surface area contributed by atoms with Gasteiger partial charge in [0.05, 0.1) is 12.0 Å². The SMILES string of the molecule is Cc1ccc(N2C[C@@H](C(=O)NCc3ccc(OC(C)C)cc3)CC2=O)cc1C. The van der Waals surface area contributed by atoms with E-state index in [1.165, 1.54) is 5.56 Å². The van der Waals surface area contributed by atoms with Crippen molar-refractivity contribution in [2.75, 3.05) is 11.4 Å². The van der Waals surface area contributed by atoms with Crippen LogP contribution in [-0.2, 0) is 16.1 Å². The van der Waals surface area contributed by atoms with Crippen LogP contribution in [0.4, 0.5) is 5.69 Å². The van der Waals surface area contributed by atoms with E-state index in [0.717, 1.165) is 22.6 Å². The molecule has 1 aliphatic heterocycles. The quantitative estimate of drug-likeness (QED) is 0.830. The van der Waals surface area contributed by atoms with E-state index in [1.54, 1.807) is 4.90 Å². The fourth-order valence-electron chi connectivity index (χ4n) is 3.32. The van der Waals surface area contributed by atoms with Gasteiger partial charge in [0.1, 0.15) is 5.75 Å². The number of nitrogens with zero attached hydrogens (tertiary/aromatic N) is 1. The first-order chi connectivity index (χ1) is 13.3. The predicted molar refractivity (Wildman–Crippen MR) is 110 cm³/mol. The average molecular weight is 380 g/mol. The number of amides is 2. The number of hydrogen-bond acceptors (Lipinski definition) is 3. The molecule has 1 atom stereocenters. The Kier molecular flexibility index (Phi) is 6.02. The molecule has 148 valence electrons. The third-order valence-electron chi connectivity index (χ3n) is 5.06. The molecule has 1 fully saturated rings. The summed E-state index contributed by atoms with van der Waals surface area (Å²) in [6.45, 7) is 8.91. The molecule has 1 N–H and O–H groups in total. The lowest BCUT2D eigenvalue weighted by atomic mass is 10.1. The number of hydrogen-bond donors (Lipinski definition) is 1. The van der Waals surface area contributed by atoms with Crippen LogP contribution in [0.25, 0.3) is 0 Å². The van der Waals surface area contributed by atoms with Gasteiger partial charge in [0, 0.05) is 25.2 Å². The number of benzene rings is 2. The molecule has 1 saturated heterocycles. The van der Waals surface area contributed by atoms with Crippen LogP contribution in [-0.4, -0.2) is 24.5 Å². The number of rotatable bonds is 6. The number of aryl methyl sites for hydroxylation is 2. The smallest absolute Gasteiger partial charge is 0.227 e. The van der Waals surface area contributed by atoms with E-state index in [1.807, 2.05) is 70.2 Å². The van der Waals surface area contributed by atoms with Gasteiger partial charge in [-0.15, -0.1) is 0 Å². The van der Waals surface area contributed by atoms with Crippen molar-refractivity contribution < 1.29 is 14.3 Å². The van der Waals surface area contributed by atoms with Crippen molar-refractivity contribution in [3.8, 4) is 5.75 Å². The second-order valence-electron chi connectivity index (χ2n) is 7.70. The second-order valence-corrected chi connectivity index (χ2v) is 7.70. The molecule has 0 saturated carbocycles. The summed E-state index contributed by atoms with van der Waals surface area (Å²) >= 11 is 0. The Bertz CT molecular complexity index is 859. The molecule has 1 aliphatic rings. The van der Waals surface area contributed by atoms with Crippen LogP contribution < -0.4 is 15.0 Å². The van der Waals surface area contributed by atoms with Crippen LogP contribution in [0.2, 0.25) is 0 Å². The highest BCUT2D eigenvalue weighted by molar-refractivity contribution is 6.00. The van der Waals surface area contributed by atoms with Crippen molar-refractivity contribution in [1.82, 2.24) is 5.32 Å². The standard InChI is InChI=1S/C23H28N2O3/c1-15(2)28-21-9-6-18(7-10-21)13-24-23(27)19-12-22(26)25(14-19)20-8-5-16(3)17(4)11-20/h5-11,15,19H,12-14H2,1-4H3,(H,24,27)/t19-/m0/s1. The fraction of sp³-hybridized carbons (Fsp3) is 0.391. The van der Waals surface area contributed by atoms with Gasteiger partial charge in [-0.05, 0) is 68.7 Å². The van der Waals surface area contributed by atoms with Crippen LogP contribution >= 0.6 is 0 Å². The number of anilines is 1. The van der Waals surface area contributed by atoms with E-state index >= 15 is 0 Å². The number of carbonyl (C=O) groups is 2. The van der Waals surface area contributed by atoms with E-state index < -0.39 is 0 Å². The third kappa shape index (κ3) is 4.71. The maximum atomic E-state index is 12.6. The molecule has 1 heterocycles. The van der Waals surface area contributed by atoms with Crippen LogP contribution in [0, 0.1) is 19.8 Å². The minimum atomic E-state index is -0.322. The first kappa shape index (κ1) is 19.9. The number of carbonyl (C=O) groups excluding carboxylic acids is 2. The molecule has 0 unspecified atom stereocenters. The topological polar surface area (TPSA) is 58.6 Å². The molecule has 0 aromatic heterocycles. The molecular formula is C23H28N2O3. The van der Waals surface area contributed by atoms with Gasteiger partial charge in [-0.25, -0.2) is 0 Å². The first-order valence-corrected chi connectivity index (χ1v) is 9.74. The molecule has 28 heavy (non-hydrogen) atoms. The summed E-state index contributed by atoms with van der Waals surface area (Å²) in [4.78, 5) is 26.7. The summed E-state index contributed by atoms with van der Waals surface area (Å²) in [5, 5.41) is 2.96. The minimum absolute atomic E-state index is 0.00131. The largest absolute Gasteiger partial charge is 0.491 e. The monoisotopic (exact) mass is 380 g/mol. The fourth-order valence-corrected chi connectivity index (χ4v) is 3.32. The normalized spacial score (nSPS) is 16.5. The van der Waals surface area contributed by atoms with E-state index in [-0.39, 0.29) is 30.3 Å². The summed E-state index contributed by atoms with van der Waals surface area (Å²) in [5.41, 5.74) is 4.20. The lowest BCUT2D eigenvalue weighted by Crippen LogP contribution is -2.32. The zero-order valence-corrected chi connectivity index (χ0v) is 17.0. The zero-order chi connectivity index (χ0) is 20.3. The number of nitrogens with one attached hydrogen (secondary N) is 1. The van der Waals surface area contributed by atoms with Gasteiger partial charge in [0.2, 0.25) is 11.8 Å². The highest BCUT2D eigenvalue weighted by atomic mass is 16.5. The Morgan fingerprint density at radius 1 is 1.14 bits per heavy atom. The van der Waals surface area contributed by atoms with Gasteiger partial charge in [-0.3, -0.25) is 9.59 Å². The molecule has 2 aromatic carbocycles. The molecule has 5 nitrogen and oxygen atoms in total.